The Labute approximate surface area is 136 Å². The Morgan fingerprint density at radius 1 is 1.09 bits per heavy atom. The minimum Gasteiger partial charge on any atom is -0.338 e. The first-order valence-electron chi connectivity index (χ1n) is 8.19. The molecule has 3 rings (SSSR count). The van der Waals surface area contributed by atoms with Gasteiger partial charge in [-0.3, -0.25) is 0 Å². The monoisotopic (exact) mass is 309 g/mol. The van der Waals surface area contributed by atoms with Gasteiger partial charge in [0.05, 0.1) is 0 Å². The Morgan fingerprint density at radius 2 is 1.83 bits per heavy atom. The number of urea groups is 1. The average Bonchev–Trinajstić information content (AvgIpc) is 2.87. The smallest absolute Gasteiger partial charge is 0.319 e. The Balaban J connectivity index is 2.06. The highest BCUT2D eigenvalue weighted by Gasteiger charge is 2.13. The van der Waals surface area contributed by atoms with E-state index in [1.807, 2.05) is 13.0 Å². The Kier molecular flexibility index (Phi) is 4.24. The van der Waals surface area contributed by atoms with Crippen molar-refractivity contribution < 1.29 is 4.79 Å². The lowest BCUT2D eigenvalue weighted by Crippen LogP contribution is -2.29. The molecule has 0 saturated heterocycles. The highest BCUT2D eigenvalue weighted by Crippen LogP contribution is 2.33. The third-order valence-corrected chi connectivity index (χ3v) is 4.02. The zero-order chi connectivity index (χ0) is 16.4. The fourth-order valence-corrected chi connectivity index (χ4v) is 3.05. The maximum atomic E-state index is 11.9. The van der Waals surface area contributed by atoms with E-state index in [0.29, 0.717) is 12.6 Å². The van der Waals surface area contributed by atoms with Gasteiger partial charge in [-0.2, -0.15) is 0 Å². The van der Waals surface area contributed by atoms with Crippen molar-refractivity contribution >= 4 is 33.5 Å². The molecule has 120 valence electrons. The standard InChI is InChI=1S/C19H23N3O/c1-4-11-20-19(23)21-14-9-10-18-16(12-14)15-7-5-6-8-17(15)22(18)13(2)3/h5-10,12-13H,4,11H2,1-3H3,(H2,20,21,23). The Hall–Kier alpha value is -2.49. The van der Waals surface area contributed by atoms with Crippen molar-refractivity contribution in [3.8, 4) is 0 Å². The summed E-state index contributed by atoms with van der Waals surface area (Å²) in [6.07, 6.45) is 0.925. The summed E-state index contributed by atoms with van der Waals surface area (Å²) in [7, 11) is 0. The van der Waals surface area contributed by atoms with Crippen molar-refractivity contribution in [2.75, 3.05) is 11.9 Å². The summed E-state index contributed by atoms with van der Waals surface area (Å²) in [6, 6.07) is 14.7. The molecule has 0 radical (unpaired) electrons. The van der Waals surface area contributed by atoms with Crippen molar-refractivity contribution in [1.82, 2.24) is 9.88 Å². The molecule has 0 aliphatic rings. The molecule has 0 bridgehead atoms. The van der Waals surface area contributed by atoms with Crippen molar-refractivity contribution in [3.63, 3.8) is 0 Å². The van der Waals surface area contributed by atoms with Crippen molar-refractivity contribution in [2.45, 2.75) is 33.2 Å². The lowest BCUT2D eigenvalue weighted by molar-refractivity contribution is 0.252. The van der Waals surface area contributed by atoms with Gasteiger partial charge < -0.3 is 15.2 Å². The number of benzene rings is 2. The molecule has 0 fully saturated rings. The van der Waals surface area contributed by atoms with Crippen LogP contribution in [-0.2, 0) is 0 Å². The Bertz CT molecular complexity index is 848. The summed E-state index contributed by atoms with van der Waals surface area (Å²) in [5, 5.41) is 8.13. The normalized spacial score (nSPS) is 11.3. The van der Waals surface area contributed by atoms with Crippen LogP contribution in [0.2, 0.25) is 0 Å². The molecular weight excluding hydrogens is 286 g/mol. The minimum atomic E-state index is -0.154. The van der Waals surface area contributed by atoms with Gasteiger partial charge in [-0.05, 0) is 44.5 Å². The molecule has 4 nitrogen and oxygen atoms in total. The van der Waals surface area contributed by atoms with Crippen molar-refractivity contribution in [2.24, 2.45) is 0 Å². The summed E-state index contributed by atoms with van der Waals surface area (Å²) in [6.45, 7) is 7.10. The van der Waals surface area contributed by atoms with Crippen LogP contribution >= 0.6 is 0 Å². The second-order valence-electron chi connectivity index (χ2n) is 6.09. The molecule has 1 heterocycles. The number of amides is 2. The van der Waals surface area contributed by atoms with E-state index >= 15 is 0 Å². The number of hydrogen-bond donors (Lipinski definition) is 2. The van der Waals surface area contributed by atoms with Crippen LogP contribution in [0, 0.1) is 0 Å². The fourth-order valence-electron chi connectivity index (χ4n) is 3.05. The topological polar surface area (TPSA) is 46.1 Å². The first-order chi connectivity index (χ1) is 11.1. The number of carbonyl (C=O) groups excluding carboxylic acids is 1. The van der Waals surface area contributed by atoms with Gasteiger partial charge in [-0.15, -0.1) is 0 Å². The molecule has 0 aliphatic heterocycles. The van der Waals surface area contributed by atoms with Gasteiger partial charge in [-0.25, -0.2) is 4.79 Å². The average molecular weight is 309 g/mol. The van der Waals surface area contributed by atoms with Gasteiger partial charge in [0.2, 0.25) is 0 Å². The van der Waals surface area contributed by atoms with Gasteiger partial charge in [0, 0.05) is 40.1 Å². The van der Waals surface area contributed by atoms with E-state index in [0.717, 1.165) is 12.1 Å². The second kappa shape index (κ2) is 6.32. The number of nitrogens with zero attached hydrogens (tertiary/aromatic N) is 1. The number of anilines is 1. The number of nitrogens with one attached hydrogen (secondary N) is 2. The van der Waals surface area contributed by atoms with E-state index in [9.17, 15) is 4.79 Å². The van der Waals surface area contributed by atoms with E-state index in [-0.39, 0.29) is 6.03 Å². The van der Waals surface area contributed by atoms with E-state index in [4.69, 9.17) is 0 Å². The minimum absolute atomic E-state index is 0.154. The van der Waals surface area contributed by atoms with E-state index < -0.39 is 0 Å². The van der Waals surface area contributed by atoms with Gasteiger partial charge in [-0.1, -0.05) is 25.1 Å². The quantitative estimate of drug-likeness (QED) is 0.707. The summed E-state index contributed by atoms with van der Waals surface area (Å²) in [4.78, 5) is 11.9. The molecule has 2 aromatic carbocycles. The second-order valence-corrected chi connectivity index (χ2v) is 6.09. The van der Waals surface area contributed by atoms with E-state index in [1.165, 1.54) is 21.8 Å². The SMILES string of the molecule is CCCNC(=O)Nc1ccc2c(c1)c1ccccc1n2C(C)C. The lowest BCUT2D eigenvalue weighted by atomic mass is 10.1. The molecule has 4 heteroatoms. The van der Waals surface area contributed by atoms with Crippen LogP contribution in [0.3, 0.4) is 0 Å². The van der Waals surface area contributed by atoms with Crippen molar-refractivity contribution in [3.05, 3.63) is 42.5 Å². The molecule has 1 aromatic heterocycles. The number of carbonyl (C=O) groups is 1. The van der Waals surface area contributed by atoms with Crippen LogP contribution in [0.25, 0.3) is 21.8 Å². The van der Waals surface area contributed by atoms with E-state index in [1.54, 1.807) is 0 Å². The molecule has 0 saturated carbocycles. The molecule has 3 aromatic rings. The molecule has 0 atom stereocenters. The molecule has 2 N–H and O–H groups in total. The van der Waals surface area contributed by atoms with Crippen LogP contribution in [0.1, 0.15) is 33.2 Å². The summed E-state index contributed by atoms with van der Waals surface area (Å²) in [5.74, 6) is 0. The molecule has 23 heavy (non-hydrogen) atoms. The first kappa shape index (κ1) is 15.4. The van der Waals surface area contributed by atoms with E-state index in [2.05, 4.69) is 65.4 Å². The summed E-state index contributed by atoms with van der Waals surface area (Å²) < 4.78 is 2.34. The molecular formula is C19H23N3O. The van der Waals surface area contributed by atoms with Crippen LogP contribution < -0.4 is 10.6 Å². The number of hydrogen-bond acceptors (Lipinski definition) is 1. The number of fused-ring (bicyclic) bond motifs is 3. The van der Waals surface area contributed by atoms with Gasteiger partial charge in [0.15, 0.2) is 0 Å². The van der Waals surface area contributed by atoms with Gasteiger partial charge in [0.1, 0.15) is 0 Å². The molecule has 0 aliphatic carbocycles. The maximum absolute atomic E-state index is 11.9. The van der Waals surface area contributed by atoms with Gasteiger partial charge >= 0.3 is 6.03 Å². The largest absolute Gasteiger partial charge is 0.338 e. The predicted octanol–water partition coefficient (Wildman–Crippen LogP) is 4.91. The molecule has 0 spiro atoms. The van der Waals surface area contributed by atoms with Crippen LogP contribution in [0.4, 0.5) is 10.5 Å². The summed E-state index contributed by atoms with van der Waals surface area (Å²) >= 11 is 0. The van der Waals surface area contributed by atoms with Crippen molar-refractivity contribution in [1.29, 1.82) is 0 Å². The summed E-state index contributed by atoms with van der Waals surface area (Å²) in [5.41, 5.74) is 3.24. The van der Waals surface area contributed by atoms with Crippen LogP contribution in [-0.4, -0.2) is 17.1 Å². The van der Waals surface area contributed by atoms with Crippen LogP contribution in [0.15, 0.2) is 42.5 Å². The number of rotatable bonds is 4. The predicted molar refractivity (Wildman–Crippen MR) is 97.1 cm³/mol. The fraction of sp³-hybridized carbons (Fsp3) is 0.316. The lowest BCUT2D eigenvalue weighted by Gasteiger charge is -2.12. The zero-order valence-electron chi connectivity index (χ0n) is 13.9. The van der Waals surface area contributed by atoms with Crippen LogP contribution in [0.5, 0.6) is 0 Å². The maximum Gasteiger partial charge on any atom is 0.319 e. The zero-order valence-corrected chi connectivity index (χ0v) is 13.9. The number of aromatic nitrogens is 1. The highest BCUT2D eigenvalue weighted by molar-refractivity contribution is 6.09. The third kappa shape index (κ3) is 2.89. The molecule has 2 amide bonds. The Morgan fingerprint density at radius 3 is 2.57 bits per heavy atom. The third-order valence-electron chi connectivity index (χ3n) is 4.02. The molecule has 0 unspecified atom stereocenters. The van der Waals surface area contributed by atoms with Gasteiger partial charge in [0.25, 0.3) is 0 Å². The first-order valence-corrected chi connectivity index (χ1v) is 8.19. The highest BCUT2D eigenvalue weighted by atomic mass is 16.2. The number of para-hydroxylation sites is 1.